The molecular weight excluding hydrogens is 340 g/mol. The van der Waals surface area contributed by atoms with Crippen LogP contribution in [0, 0.1) is 0 Å². The smallest absolute Gasteiger partial charge is 0.254 e. The van der Waals surface area contributed by atoms with Crippen molar-refractivity contribution >= 4 is 28.9 Å². The first kappa shape index (κ1) is 15.5. The Morgan fingerprint density at radius 2 is 1.93 bits per heavy atom. The first-order valence-corrected chi connectivity index (χ1v) is 8.62. The van der Waals surface area contributed by atoms with Crippen molar-refractivity contribution < 1.29 is 4.79 Å². The summed E-state index contributed by atoms with van der Waals surface area (Å²) < 4.78 is 1.66. The summed E-state index contributed by atoms with van der Waals surface area (Å²) in [7, 11) is 1.80. The molecule has 0 bridgehead atoms. The van der Waals surface area contributed by atoms with Gasteiger partial charge in [-0.05, 0) is 23.8 Å². The van der Waals surface area contributed by atoms with Crippen molar-refractivity contribution in [1.29, 1.82) is 0 Å². The number of benzene rings is 2. The zero-order chi connectivity index (χ0) is 18.4. The third-order valence-electron chi connectivity index (χ3n) is 4.75. The molecule has 5 rings (SSSR count). The lowest BCUT2D eigenvalue weighted by atomic mass is 10.1. The Balaban J connectivity index is 1.57. The van der Waals surface area contributed by atoms with E-state index >= 15 is 0 Å². The molecule has 0 fully saturated rings. The van der Waals surface area contributed by atoms with Gasteiger partial charge in [-0.25, -0.2) is 4.98 Å². The second-order valence-corrected chi connectivity index (χ2v) is 6.46. The van der Waals surface area contributed by atoms with Crippen LogP contribution in [0.5, 0.6) is 0 Å². The third kappa shape index (κ3) is 2.60. The van der Waals surface area contributed by atoms with Gasteiger partial charge >= 0.3 is 0 Å². The molecule has 0 atom stereocenters. The molecule has 0 unspecified atom stereocenters. The van der Waals surface area contributed by atoms with Gasteiger partial charge in [0, 0.05) is 30.1 Å². The highest BCUT2D eigenvalue weighted by molar-refractivity contribution is 6.01. The maximum absolute atomic E-state index is 11.9. The van der Waals surface area contributed by atoms with Crippen LogP contribution in [0.1, 0.15) is 5.56 Å². The van der Waals surface area contributed by atoms with Crippen LogP contribution in [0.3, 0.4) is 0 Å². The van der Waals surface area contributed by atoms with Gasteiger partial charge in [-0.3, -0.25) is 4.79 Å². The van der Waals surface area contributed by atoms with E-state index in [1.54, 1.807) is 16.5 Å². The highest BCUT2D eigenvalue weighted by Crippen LogP contribution is 2.31. The summed E-state index contributed by atoms with van der Waals surface area (Å²) in [6.07, 6.45) is 1.91. The number of hydrogen-bond donors (Lipinski definition) is 1. The molecule has 0 radical (unpaired) electrons. The number of likely N-dealkylation sites (N-methyl/N-ethyl adjacent to an activating group) is 1. The maximum atomic E-state index is 11.9. The fourth-order valence-corrected chi connectivity index (χ4v) is 3.35. The van der Waals surface area contributed by atoms with E-state index in [1.165, 1.54) is 6.33 Å². The van der Waals surface area contributed by atoms with Crippen LogP contribution in [-0.4, -0.2) is 32.5 Å². The van der Waals surface area contributed by atoms with Crippen LogP contribution < -0.4 is 10.2 Å². The van der Waals surface area contributed by atoms with Crippen molar-refractivity contribution in [3.05, 3.63) is 66.5 Å². The molecule has 3 heterocycles. The number of carbonyl (C=O) groups excluding carboxylic acids is 1. The van der Waals surface area contributed by atoms with Crippen LogP contribution in [0.25, 0.3) is 17.0 Å². The minimum atomic E-state index is 0.107. The molecule has 2 aromatic heterocycles. The van der Waals surface area contributed by atoms with E-state index in [4.69, 9.17) is 0 Å². The topological polar surface area (TPSA) is 75.4 Å². The quantitative estimate of drug-likeness (QED) is 0.611. The molecule has 0 saturated heterocycles. The van der Waals surface area contributed by atoms with Crippen molar-refractivity contribution in [2.45, 2.75) is 6.42 Å². The van der Waals surface area contributed by atoms with Gasteiger partial charge in [0.1, 0.15) is 12.1 Å². The monoisotopic (exact) mass is 356 g/mol. The van der Waals surface area contributed by atoms with E-state index in [0.29, 0.717) is 12.2 Å². The summed E-state index contributed by atoms with van der Waals surface area (Å²) in [4.78, 5) is 22.4. The van der Waals surface area contributed by atoms with Crippen molar-refractivity contribution in [3.8, 4) is 11.3 Å². The van der Waals surface area contributed by atoms with E-state index in [0.717, 1.165) is 34.0 Å². The largest absolute Gasteiger partial charge is 0.340 e. The molecule has 1 aliphatic heterocycles. The normalized spacial score (nSPS) is 13.2. The Morgan fingerprint density at radius 1 is 1.07 bits per heavy atom. The second-order valence-electron chi connectivity index (χ2n) is 6.46. The maximum Gasteiger partial charge on any atom is 0.254 e. The predicted molar refractivity (Wildman–Crippen MR) is 103 cm³/mol. The van der Waals surface area contributed by atoms with Crippen molar-refractivity contribution in [1.82, 2.24) is 19.6 Å². The van der Waals surface area contributed by atoms with Crippen molar-refractivity contribution in [2.75, 3.05) is 17.3 Å². The van der Waals surface area contributed by atoms with Gasteiger partial charge in [0.15, 0.2) is 0 Å². The van der Waals surface area contributed by atoms with Gasteiger partial charge in [0.25, 0.3) is 5.78 Å². The molecule has 27 heavy (non-hydrogen) atoms. The zero-order valence-electron chi connectivity index (χ0n) is 14.6. The van der Waals surface area contributed by atoms with Crippen LogP contribution in [0.15, 0.2) is 60.9 Å². The Hall–Kier alpha value is -3.74. The minimum absolute atomic E-state index is 0.107. The first-order valence-electron chi connectivity index (χ1n) is 8.62. The van der Waals surface area contributed by atoms with E-state index in [2.05, 4.69) is 20.4 Å². The average Bonchev–Trinajstić information content (AvgIpc) is 3.27. The SMILES string of the molecule is CN1C(=O)Cc2cc(Nc3cc(-c4ccccc4)nc4ncnn34)ccc21. The number of nitrogens with one attached hydrogen (secondary N) is 1. The van der Waals surface area contributed by atoms with Gasteiger partial charge in [-0.2, -0.15) is 14.6 Å². The molecule has 0 spiro atoms. The Morgan fingerprint density at radius 3 is 2.78 bits per heavy atom. The first-order chi connectivity index (χ1) is 13.2. The summed E-state index contributed by atoms with van der Waals surface area (Å²) >= 11 is 0. The molecule has 7 heteroatoms. The summed E-state index contributed by atoms with van der Waals surface area (Å²) in [5, 5.41) is 7.66. The highest BCUT2D eigenvalue weighted by atomic mass is 16.2. The predicted octanol–water partition coefficient (Wildman–Crippen LogP) is 3.05. The van der Waals surface area contributed by atoms with E-state index in [1.807, 2.05) is 54.6 Å². The van der Waals surface area contributed by atoms with E-state index in [9.17, 15) is 4.79 Å². The summed E-state index contributed by atoms with van der Waals surface area (Å²) in [5.74, 6) is 1.39. The van der Waals surface area contributed by atoms with E-state index < -0.39 is 0 Å². The molecule has 4 aromatic rings. The number of rotatable bonds is 3. The number of carbonyl (C=O) groups is 1. The third-order valence-corrected chi connectivity index (χ3v) is 4.75. The van der Waals surface area contributed by atoms with Gasteiger partial charge in [0.05, 0.1) is 12.1 Å². The molecular formula is C20H16N6O. The van der Waals surface area contributed by atoms with Gasteiger partial charge in [-0.1, -0.05) is 30.3 Å². The van der Waals surface area contributed by atoms with Gasteiger partial charge in [-0.15, -0.1) is 0 Å². The lowest BCUT2D eigenvalue weighted by molar-refractivity contribution is -0.117. The molecule has 7 nitrogen and oxygen atoms in total. The van der Waals surface area contributed by atoms with Gasteiger partial charge < -0.3 is 10.2 Å². The van der Waals surface area contributed by atoms with Gasteiger partial charge in [0.2, 0.25) is 5.91 Å². The van der Waals surface area contributed by atoms with Crippen molar-refractivity contribution in [3.63, 3.8) is 0 Å². The molecule has 132 valence electrons. The molecule has 0 aliphatic carbocycles. The highest BCUT2D eigenvalue weighted by Gasteiger charge is 2.24. The average molecular weight is 356 g/mol. The lowest BCUT2D eigenvalue weighted by Gasteiger charge is -2.13. The molecule has 1 amide bonds. The summed E-state index contributed by atoms with van der Waals surface area (Å²) in [6.45, 7) is 0. The summed E-state index contributed by atoms with van der Waals surface area (Å²) in [6, 6.07) is 17.8. The van der Waals surface area contributed by atoms with Crippen molar-refractivity contribution in [2.24, 2.45) is 0 Å². The fraction of sp³-hybridized carbons (Fsp3) is 0.100. The standard InChI is InChI=1S/C20H16N6O/c1-25-17-8-7-15(9-14(17)10-19(25)27)23-18-11-16(13-5-3-2-4-6-13)24-20-21-12-22-26(18)20/h2-9,11-12,23H,10H2,1H3. The Labute approximate surface area is 155 Å². The Bertz CT molecular complexity index is 1170. The minimum Gasteiger partial charge on any atom is -0.340 e. The van der Waals surface area contributed by atoms with Crippen LogP contribution >= 0.6 is 0 Å². The second kappa shape index (κ2) is 5.91. The Kier molecular flexibility index (Phi) is 3.39. The lowest BCUT2D eigenvalue weighted by Crippen LogP contribution is -2.20. The number of nitrogens with zero attached hydrogens (tertiary/aromatic N) is 5. The number of hydrogen-bond acceptors (Lipinski definition) is 5. The van der Waals surface area contributed by atoms with Crippen LogP contribution in [-0.2, 0) is 11.2 Å². The molecule has 0 saturated carbocycles. The molecule has 1 N–H and O–H groups in total. The fourth-order valence-electron chi connectivity index (χ4n) is 3.35. The number of amides is 1. The van der Waals surface area contributed by atoms with Crippen LogP contribution in [0.4, 0.5) is 17.2 Å². The summed E-state index contributed by atoms with van der Waals surface area (Å²) in [5.41, 5.74) is 4.68. The molecule has 1 aliphatic rings. The van der Waals surface area contributed by atoms with E-state index in [-0.39, 0.29) is 5.91 Å². The number of anilines is 3. The number of fused-ring (bicyclic) bond motifs is 2. The molecule has 2 aromatic carbocycles. The number of aromatic nitrogens is 4. The van der Waals surface area contributed by atoms with Crippen LogP contribution in [0.2, 0.25) is 0 Å². The zero-order valence-corrected chi connectivity index (χ0v) is 14.6.